The predicted octanol–water partition coefficient (Wildman–Crippen LogP) is 3.32. The number of nitrogens with one attached hydrogen (secondary N) is 1. The van der Waals surface area contributed by atoms with Crippen LogP contribution < -0.4 is 14.3 Å². The van der Waals surface area contributed by atoms with Gasteiger partial charge in [-0.2, -0.15) is 18.4 Å². The molecule has 6 nitrogen and oxygen atoms in total. The first-order chi connectivity index (χ1) is 11.4. The third kappa shape index (κ3) is 4.31. The topological polar surface area (TPSA) is 77.0 Å². The fourth-order valence-electron chi connectivity index (χ4n) is 1.81. The van der Waals surface area contributed by atoms with E-state index >= 15 is 0 Å². The number of rotatable bonds is 6. The van der Waals surface area contributed by atoms with Crippen molar-refractivity contribution in [2.24, 2.45) is 5.10 Å². The normalized spacial score (nSPS) is 11.5. The van der Waals surface area contributed by atoms with Crippen LogP contribution in [0.25, 0.3) is 0 Å². The molecular formula is C15H14Cl2N2O4S. The fraction of sp³-hybridized carbons (Fsp3) is 0.133. The minimum Gasteiger partial charge on any atom is -0.497 e. The molecule has 0 radical (unpaired) electrons. The molecule has 0 saturated heterocycles. The Morgan fingerprint density at radius 2 is 1.83 bits per heavy atom. The van der Waals surface area contributed by atoms with E-state index in [1.54, 1.807) is 18.2 Å². The summed E-state index contributed by atoms with van der Waals surface area (Å²) in [4.78, 5) is 2.01. The quantitative estimate of drug-likeness (QED) is 0.608. The van der Waals surface area contributed by atoms with Gasteiger partial charge in [-0.1, -0.05) is 29.3 Å². The van der Waals surface area contributed by atoms with Crippen molar-refractivity contribution in [2.75, 3.05) is 14.2 Å². The first-order valence-electron chi connectivity index (χ1n) is 6.59. The van der Waals surface area contributed by atoms with Crippen LogP contribution in [0.2, 0.25) is 10.0 Å². The third-order valence-corrected chi connectivity index (χ3v) is 4.81. The number of hydrogen-bond donors (Lipinski definition) is 1. The summed E-state index contributed by atoms with van der Waals surface area (Å²) >= 11 is 11.8. The Hall–Kier alpha value is -1.96. The van der Waals surface area contributed by atoms with Gasteiger partial charge >= 0.3 is 0 Å². The molecule has 0 aromatic heterocycles. The number of hydrogen-bond acceptors (Lipinski definition) is 5. The van der Waals surface area contributed by atoms with Crippen molar-refractivity contribution in [3.05, 3.63) is 52.0 Å². The second-order valence-corrected chi connectivity index (χ2v) is 7.01. The summed E-state index contributed by atoms with van der Waals surface area (Å²) in [5, 5.41) is 4.55. The molecule has 1 N–H and O–H groups in total. The maximum atomic E-state index is 12.4. The van der Waals surface area contributed by atoms with E-state index in [9.17, 15) is 8.42 Å². The van der Waals surface area contributed by atoms with Crippen molar-refractivity contribution in [3.63, 3.8) is 0 Å². The van der Waals surface area contributed by atoms with Gasteiger partial charge < -0.3 is 9.47 Å². The standard InChI is InChI=1S/C15H14Cl2N2O4S/c1-22-12-5-6-14(23-2)15(8-12)24(20,21)19-18-9-10-3-4-11(16)7-13(10)17/h3-9,19H,1-2H3/b18-9+. The van der Waals surface area contributed by atoms with E-state index in [1.165, 1.54) is 38.6 Å². The van der Waals surface area contributed by atoms with Crippen LogP contribution in [0, 0.1) is 0 Å². The second kappa shape index (κ2) is 7.74. The lowest BCUT2D eigenvalue weighted by molar-refractivity contribution is 0.392. The van der Waals surface area contributed by atoms with Gasteiger partial charge in [-0.25, -0.2) is 0 Å². The van der Waals surface area contributed by atoms with Crippen LogP contribution in [0.15, 0.2) is 46.4 Å². The Morgan fingerprint density at radius 3 is 2.46 bits per heavy atom. The number of nitrogens with zero attached hydrogens (tertiary/aromatic N) is 1. The molecule has 0 spiro atoms. The lowest BCUT2D eigenvalue weighted by atomic mass is 10.2. The van der Waals surface area contributed by atoms with Crippen LogP contribution in [0.1, 0.15) is 5.56 Å². The van der Waals surface area contributed by atoms with Crippen molar-refractivity contribution in [2.45, 2.75) is 4.90 Å². The van der Waals surface area contributed by atoms with Crippen LogP contribution in [0.4, 0.5) is 0 Å². The molecule has 0 aliphatic heterocycles. The number of halogens is 2. The molecule has 0 bridgehead atoms. The van der Waals surface area contributed by atoms with Crippen molar-refractivity contribution in [1.29, 1.82) is 0 Å². The zero-order valence-corrected chi connectivity index (χ0v) is 15.1. The zero-order valence-electron chi connectivity index (χ0n) is 12.8. The van der Waals surface area contributed by atoms with Crippen molar-refractivity contribution < 1.29 is 17.9 Å². The van der Waals surface area contributed by atoms with Crippen LogP contribution in [0.3, 0.4) is 0 Å². The van der Waals surface area contributed by atoms with Crippen LogP contribution >= 0.6 is 23.2 Å². The fourth-order valence-corrected chi connectivity index (χ4v) is 3.25. The zero-order chi connectivity index (χ0) is 17.7. The molecular weight excluding hydrogens is 375 g/mol. The molecule has 0 atom stereocenters. The highest BCUT2D eigenvalue weighted by atomic mass is 35.5. The molecule has 128 valence electrons. The van der Waals surface area contributed by atoms with E-state index in [4.69, 9.17) is 32.7 Å². The Bertz CT molecular complexity index is 870. The average Bonchev–Trinajstić information content (AvgIpc) is 2.56. The van der Waals surface area contributed by atoms with Gasteiger partial charge in [0.25, 0.3) is 10.0 Å². The summed E-state index contributed by atoms with van der Waals surface area (Å²) in [6.07, 6.45) is 1.28. The van der Waals surface area contributed by atoms with E-state index in [1.807, 2.05) is 0 Å². The molecule has 0 saturated carbocycles. The van der Waals surface area contributed by atoms with Crippen LogP contribution in [0.5, 0.6) is 11.5 Å². The molecule has 0 fully saturated rings. The number of hydrazone groups is 1. The van der Waals surface area contributed by atoms with Gasteiger partial charge in [-0.3, -0.25) is 0 Å². The summed E-state index contributed by atoms with van der Waals surface area (Å²) in [6, 6.07) is 9.20. The number of methoxy groups -OCH3 is 2. The van der Waals surface area contributed by atoms with E-state index < -0.39 is 10.0 Å². The predicted molar refractivity (Wildman–Crippen MR) is 93.9 cm³/mol. The van der Waals surface area contributed by atoms with Gasteiger partial charge in [-0.05, 0) is 24.3 Å². The van der Waals surface area contributed by atoms with Crippen LogP contribution in [-0.2, 0) is 10.0 Å². The average molecular weight is 389 g/mol. The second-order valence-electron chi connectivity index (χ2n) is 4.54. The maximum absolute atomic E-state index is 12.4. The Kier molecular flexibility index (Phi) is 5.93. The molecule has 2 aromatic carbocycles. The molecule has 0 amide bonds. The molecule has 2 aromatic rings. The van der Waals surface area contributed by atoms with E-state index in [-0.39, 0.29) is 10.6 Å². The lowest BCUT2D eigenvalue weighted by Crippen LogP contribution is -2.19. The summed E-state index contributed by atoms with van der Waals surface area (Å²) < 4.78 is 34.9. The van der Waals surface area contributed by atoms with E-state index in [2.05, 4.69) is 9.93 Å². The highest BCUT2D eigenvalue weighted by molar-refractivity contribution is 7.89. The Labute approximate surface area is 150 Å². The summed E-state index contributed by atoms with van der Waals surface area (Å²) in [5.41, 5.74) is 0.515. The first kappa shape index (κ1) is 18.4. The minimum absolute atomic E-state index is 0.0938. The monoisotopic (exact) mass is 388 g/mol. The molecule has 2 rings (SSSR count). The van der Waals surface area contributed by atoms with E-state index in [0.717, 1.165) is 0 Å². The van der Waals surface area contributed by atoms with Gasteiger partial charge in [0.05, 0.1) is 25.5 Å². The first-order valence-corrected chi connectivity index (χ1v) is 8.83. The molecule has 0 aliphatic carbocycles. The minimum atomic E-state index is -3.95. The van der Waals surface area contributed by atoms with Gasteiger partial charge in [0.15, 0.2) is 0 Å². The third-order valence-electron chi connectivity index (χ3n) is 3.00. The number of benzene rings is 2. The lowest BCUT2D eigenvalue weighted by Gasteiger charge is -2.10. The molecule has 9 heteroatoms. The Morgan fingerprint density at radius 1 is 1.08 bits per heavy atom. The van der Waals surface area contributed by atoms with Gasteiger partial charge in [0, 0.05) is 16.7 Å². The number of sulfonamides is 1. The van der Waals surface area contributed by atoms with E-state index in [0.29, 0.717) is 21.4 Å². The van der Waals surface area contributed by atoms with Gasteiger partial charge in [0.1, 0.15) is 16.4 Å². The highest BCUT2D eigenvalue weighted by Gasteiger charge is 2.20. The Balaban J connectivity index is 2.27. The van der Waals surface area contributed by atoms with Crippen molar-refractivity contribution in [3.8, 4) is 11.5 Å². The largest absolute Gasteiger partial charge is 0.497 e. The van der Waals surface area contributed by atoms with Crippen LogP contribution in [-0.4, -0.2) is 28.9 Å². The summed E-state index contributed by atoms with van der Waals surface area (Å²) in [5.74, 6) is 0.545. The summed E-state index contributed by atoms with van der Waals surface area (Å²) in [6.45, 7) is 0. The number of ether oxygens (including phenoxy) is 2. The van der Waals surface area contributed by atoms with Crippen molar-refractivity contribution in [1.82, 2.24) is 4.83 Å². The highest BCUT2D eigenvalue weighted by Crippen LogP contribution is 2.28. The SMILES string of the molecule is COc1ccc(OC)c(S(=O)(=O)N/N=C/c2ccc(Cl)cc2Cl)c1. The molecule has 0 unspecified atom stereocenters. The molecule has 24 heavy (non-hydrogen) atoms. The van der Waals surface area contributed by atoms with Crippen molar-refractivity contribution >= 4 is 39.4 Å². The molecule has 0 aliphatic rings. The molecule has 0 heterocycles. The maximum Gasteiger partial charge on any atom is 0.280 e. The smallest absolute Gasteiger partial charge is 0.280 e. The van der Waals surface area contributed by atoms with Gasteiger partial charge in [0.2, 0.25) is 0 Å². The summed E-state index contributed by atoms with van der Waals surface area (Å²) in [7, 11) is -1.14. The van der Waals surface area contributed by atoms with Gasteiger partial charge in [-0.15, -0.1) is 0 Å².